The van der Waals surface area contributed by atoms with Crippen LogP contribution in [-0.2, 0) is 0 Å². The molecule has 0 bridgehead atoms. The van der Waals surface area contributed by atoms with Gasteiger partial charge in [-0.3, -0.25) is 0 Å². The van der Waals surface area contributed by atoms with Gasteiger partial charge in [0, 0.05) is 49.6 Å². The van der Waals surface area contributed by atoms with Crippen LogP contribution in [-0.4, -0.2) is 19.1 Å². The van der Waals surface area contributed by atoms with E-state index >= 15 is 0 Å². The van der Waals surface area contributed by atoms with Gasteiger partial charge in [0.15, 0.2) is 5.82 Å². The smallest absolute Gasteiger partial charge is 0.160 e. The van der Waals surface area contributed by atoms with Crippen molar-refractivity contribution in [3.8, 4) is 45.3 Å². The minimum Gasteiger partial charge on any atom is -0.309 e. The fraction of sp³-hybridized carbons (Fsp3) is 0. The minimum absolute atomic E-state index is 0.684. The van der Waals surface area contributed by atoms with Crippen molar-refractivity contribution in [2.45, 2.75) is 0 Å². The molecule has 3 aromatic heterocycles. The van der Waals surface area contributed by atoms with Crippen molar-refractivity contribution >= 4 is 75.9 Å². The van der Waals surface area contributed by atoms with Gasteiger partial charge in [-0.25, -0.2) is 9.97 Å². The highest BCUT2D eigenvalue weighted by Gasteiger charge is 2.19. The molecule has 10 aromatic carbocycles. The van der Waals surface area contributed by atoms with E-state index in [1.165, 1.54) is 70.4 Å². The Kier molecular flexibility index (Phi) is 7.57. The van der Waals surface area contributed by atoms with E-state index in [-0.39, 0.29) is 0 Å². The van der Waals surface area contributed by atoms with E-state index in [0.29, 0.717) is 5.82 Å². The Balaban J connectivity index is 0.992. The maximum atomic E-state index is 5.35. The molecule has 0 saturated carbocycles. The van der Waals surface area contributed by atoms with E-state index < -0.39 is 0 Å². The summed E-state index contributed by atoms with van der Waals surface area (Å²) in [5, 5.41) is 12.3. The Labute approximate surface area is 357 Å². The molecule has 0 N–H and O–H groups in total. The minimum atomic E-state index is 0.684. The van der Waals surface area contributed by atoms with Crippen LogP contribution in [0.5, 0.6) is 0 Å². The first-order valence-corrected chi connectivity index (χ1v) is 21.2. The molecule has 0 amide bonds. The maximum absolute atomic E-state index is 5.35. The van der Waals surface area contributed by atoms with Crippen LogP contribution in [0.15, 0.2) is 218 Å². The maximum Gasteiger partial charge on any atom is 0.160 e. The zero-order valence-electron chi connectivity index (χ0n) is 33.6. The topological polar surface area (TPSA) is 35.6 Å². The first kappa shape index (κ1) is 34.5. The summed E-state index contributed by atoms with van der Waals surface area (Å²) in [4.78, 5) is 10.7. The summed E-state index contributed by atoms with van der Waals surface area (Å²) in [6.07, 6.45) is 0. The predicted octanol–water partition coefficient (Wildman–Crippen LogP) is 15.1. The highest BCUT2D eigenvalue weighted by atomic mass is 15.0. The van der Waals surface area contributed by atoms with Gasteiger partial charge in [0.1, 0.15) is 0 Å². The molecule has 0 aliphatic rings. The van der Waals surface area contributed by atoms with Crippen molar-refractivity contribution in [1.29, 1.82) is 0 Å². The third-order valence-corrected chi connectivity index (χ3v) is 12.7. The fourth-order valence-corrected chi connectivity index (χ4v) is 9.79. The summed E-state index contributed by atoms with van der Waals surface area (Å²) in [5.74, 6) is 0.684. The van der Waals surface area contributed by atoms with E-state index in [1.54, 1.807) is 0 Å². The summed E-state index contributed by atoms with van der Waals surface area (Å²) in [7, 11) is 0. The van der Waals surface area contributed by atoms with Crippen LogP contribution in [0.4, 0.5) is 0 Å². The largest absolute Gasteiger partial charge is 0.309 e. The first-order chi connectivity index (χ1) is 30.7. The van der Waals surface area contributed by atoms with E-state index in [9.17, 15) is 0 Å². The summed E-state index contributed by atoms with van der Waals surface area (Å²) in [6.45, 7) is 0. The van der Waals surface area contributed by atoms with Gasteiger partial charge < -0.3 is 9.13 Å². The van der Waals surface area contributed by atoms with Crippen LogP contribution in [0.3, 0.4) is 0 Å². The summed E-state index contributed by atoms with van der Waals surface area (Å²) in [6, 6.07) is 78.5. The van der Waals surface area contributed by atoms with E-state index in [2.05, 4.69) is 228 Å². The highest BCUT2D eigenvalue weighted by molar-refractivity contribution is 6.28. The van der Waals surface area contributed by atoms with Crippen molar-refractivity contribution in [3.63, 3.8) is 0 Å². The van der Waals surface area contributed by atoms with Crippen molar-refractivity contribution in [2.75, 3.05) is 0 Å². The van der Waals surface area contributed by atoms with Gasteiger partial charge in [0.05, 0.1) is 33.5 Å². The third kappa shape index (κ3) is 5.33. The summed E-state index contributed by atoms with van der Waals surface area (Å²) >= 11 is 0. The third-order valence-electron chi connectivity index (χ3n) is 12.7. The Morgan fingerprint density at radius 3 is 1.44 bits per heavy atom. The van der Waals surface area contributed by atoms with Crippen LogP contribution in [0.2, 0.25) is 0 Å². The van der Waals surface area contributed by atoms with E-state index in [1.807, 2.05) is 0 Å². The van der Waals surface area contributed by atoms with Crippen LogP contribution in [0.1, 0.15) is 0 Å². The molecule has 0 fully saturated rings. The molecule has 0 radical (unpaired) electrons. The standard InChI is InChI=1S/C58H36N4/c1-2-16-44(17-3-1)61-52-21-11-10-20-48(52)49-35-43(28-31-53(49)61)51-36-50(42-23-22-37-12-4-5-15-41(37)34-42)59-58(60-51)40-24-29-45(30-25-40)62-54-32-26-38-13-6-8-18-46(38)56(54)57-47-19-9-7-14-39(47)27-33-55(57)62/h1-36H. The van der Waals surface area contributed by atoms with Crippen molar-refractivity contribution in [2.24, 2.45) is 0 Å². The van der Waals surface area contributed by atoms with Crippen LogP contribution >= 0.6 is 0 Å². The van der Waals surface area contributed by atoms with Gasteiger partial charge in [-0.1, -0.05) is 140 Å². The molecule has 4 nitrogen and oxygen atoms in total. The Morgan fingerprint density at radius 1 is 0.274 bits per heavy atom. The molecule has 0 unspecified atom stereocenters. The molecule has 0 aliphatic carbocycles. The monoisotopic (exact) mass is 788 g/mol. The number of fused-ring (bicyclic) bond motifs is 11. The average molecular weight is 789 g/mol. The number of aromatic nitrogens is 4. The molecule has 62 heavy (non-hydrogen) atoms. The van der Waals surface area contributed by atoms with Gasteiger partial charge in [0.25, 0.3) is 0 Å². The molecule has 13 aromatic rings. The zero-order chi connectivity index (χ0) is 40.7. The number of hydrogen-bond acceptors (Lipinski definition) is 2. The lowest BCUT2D eigenvalue weighted by Gasteiger charge is -2.12. The quantitative estimate of drug-likeness (QED) is 0.174. The number of benzene rings is 10. The molecule has 4 heteroatoms. The van der Waals surface area contributed by atoms with Crippen LogP contribution in [0, 0.1) is 0 Å². The van der Waals surface area contributed by atoms with Gasteiger partial charge in [-0.05, 0) is 111 Å². The first-order valence-electron chi connectivity index (χ1n) is 21.2. The van der Waals surface area contributed by atoms with Crippen LogP contribution < -0.4 is 0 Å². The van der Waals surface area contributed by atoms with E-state index in [0.717, 1.165) is 45.0 Å². The number of rotatable bonds is 5. The van der Waals surface area contributed by atoms with Gasteiger partial charge in [-0.15, -0.1) is 0 Å². The lowest BCUT2D eigenvalue weighted by atomic mass is 10.00. The lowest BCUT2D eigenvalue weighted by molar-refractivity contribution is 1.16. The molecular weight excluding hydrogens is 753 g/mol. The average Bonchev–Trinajstić information content (AvgIpc) is 3.87. The molecule has 0 spiro atoms. The zero-order valence-corrected chi connectivity index (χ0v) is 33.6. The van der Waals surface area contributed by atoms with Gasteiger partial charge in [0.2, 0.25) is 0 Å². The molecule has 13 rings (SSSR count). The molecular formula is C58H36N4. The molecule has 0 aliphatic heterocycles. The summed E-state index contributed by atoms with van der Waals surface area (Å²) < 4.78 is 4.76. The number of nitrogens with zero attached hydrogens (tertiary/aromatic N) is 4. The number of hydrogen-bond donors (Lipinski definition) is 0. The van der Waals surface area contributed by atoms with Crippen molar-refractivity contribution < 1.29 is 0 Å². The molecule has 3 heterocycles. The Hall–Kier alpha value is -8.34. The molecule has 288 valence electrons. The fourth-order valence-electron chi connectivity index (χ4n) is 9.79. The highest BCUT2D eigenvalue weighted by Crippen LogP contribution is 2.41. The summed E-state index contributed by atoms with van der Waals surface area (Å²) in [5.41, 5.74) is 11.7. The molecule has 0 saturated heterocycles. The van der Waals surface area contributed by atoms with E-state index in [4.69, 9.17) is 9.97 Å². The van der Waals surface area contributed by atoms with Gasteiger partial charge >= 0.3 is 0 Å². The lowest BCUT2D eigenvalue weighted by Crippen LogP contribution is -1.98. The van der Waals surface area contributed by atoms with Gasteiger partial charge in [-0.2, -0.15) is 0 Å². The van der Waals surface area contributed by atoms with Crippen molar-refractivity contribution in [1.82, 2.24) is 19.1 Å². The van der Waals surface area contributed by atoms with Crippen LogP contribution in [0.25, 0.3) is 121 Å². The second-order valence-electron chi connectivity index (χ2n) is 16.2. The second-order valence-corrected chi connectivity index (χ2v) is 16.2. The van der Waals surface area contributed by atoms with Crippen molar-refractivity contribution in [3.05, 3.63) is 218 Å². The second kappa shape index (κ2) is 13.6. The Bertz CT molecular complexity index is 3820. The molecule has 0 atom stereocenters. The SMILES string of the molecule is c1ccc(-n2c3ccccc3c3cc(-c4cc(-c5ccc6ccccc6c5)nc(-c5ccc(-n6c7ccc8ccccc8c7c7c8ccccc8ccc76)cc5)n4)ccc32)cc1. The Morgan fingerprint density at radius 2 is 0.742 bits per heavy atom. The normalized spacial score (nSPS) is 11.9. The number of para-hydroxylation sites is 2. The predicted molar refractivity (Wildman–Crippen MR) is 260 cm³/mol.